The van der Waals surface area contributed by atoms with Crippen molar-refractivity contribution in [2.24, 2.45) is 11.8 Å². The van der Waals surface area contributed by atoms with E-state index in [0.717, 1.165) is 9.35 Å². The molecule has 0 spiro atoms. The van der Waals surface area contributed by atoms with Crippen LogP contribution in [0.2, 0.25) is 0 Å². The third-order valence-corrected chi connectivity index (χ3v) is 4.21. The molecular formula is C8H14N4OS2. The first-order chi connectivity index (χ1) is 7.04. The van der Waals surface area contributed by atoms with Crippen LogP contribution in [0.1, 0.15) is 18.9 Å². The maximum Gasteiger partial charge on any atom is 0.247 e. The summed E-state index contributed by atoms with van der Waals surface area (Å²) in [6.45, 7) is 5.83. The Balaban J connectivity index is 2.71. The zero-order chi connectivity index (χ0) is 11.4. The van der Waals surface area contributed by atoms with Crippen LogP contribution in [0.5, 0.6) is 0 Å². The quantitative estimate of drug-likeness (QED) is 0.358. The highest BCUT2D eigenvalue weighted by atomic mass is 32.2. The van der Waals surface area contributed by atoms with Gasteiger partial charge in [-0.3, -0.25) is 10.2 Å². The van der Waals surface area contributed by atoms with Crippen molar-refractivity contribution in [3.05, 3.63) is 5.01 Å². The van der Waals surface area contributed by atoms with Gasteiger partial charge in [0.05, 0.1) is 5.25 Å². The van der Waals surface area contributed by atoms with Crippen molar-refractivity contribution in [1.29, 1.82) is 0 Å². The summed E-state index contributed by atoms with van der Waals surface area (Å²) in [4.78, 5) is 11.5. The minimum atomic E-state index is -0.220. The van der Waals surface area contributed by atoms with Crippen molar-refractivity contribution in [1.82, 2.24) is 15.6 Å². The molecule has 0 aromatic carbocycles. The van der Waals surface area contributed by atoms with Crippen molar-refractivity contribution in [3.8, 4) is 0 Å². The van der Waals surface area contributed by atoms with Crippen LogP contribution in [0.25, 0.3) is 0 Å². The van der Waals surface area contributed by atoms with Crippen LogP contribution in [0.4, 0.5) is 0 Å². The van der Waals surface area contributed by atoms with Crippen molar-refractivity contribution in [3.63, 3.8) is 0 Å². The average Bonchev–Trinajstić information content (AvgIpc) is 2.59. The van der Waals surface area contributed by atoms with Gasteiger partial charge >= 0.3 is 0 Å². The molecule has 0 aliphatic rings. The molecule has 1 amide bonds. The zero-order valence-corrected chi connectivity index (χ0v) is 10.5. The van der Waals surface area contributed by atoms with Crippen molar-refractivity contribution < 1.29 is 4.79 Å². The molecule has 0 saturated heterocycles. The van der Waals surface area contributed by atoms with Crippen LogP contribution in [0, 0.1) is 12.8 Å². The van der Waals surface area contributed by atoms with Crippen LogP contribution in [0.15, 0.2) is 4.34 Å². The maximum absolute atomic E-state index is 11.5. The molecule has 7 heteroatoms. The Hall–Kier alpha value is -0.660. The number of amides is 1. The molecule has 0 aliphatic carbocycles. The third kappa shape index (κ3) is 3.44. The molecule has 1 rings (SSSR count). The Morgan fingerprint density at radius 1 is 1.53 bits per heavy atom. The molecule has 1 unspecified atom stereocenters. The summed E-state index contributed by atoms with van der Waals surface area (Å²) in [6.07, 6.45) is 0. The first kappa shape index (κ1) is 12.4. The lowest BCUT2D eigenvalue weighted by Crippen LogP contribution is -2.39. The predicted molar refractivity (Wildman–Crippen MR) is 61.5 cm³/mol. The molecule has 1 aromatic rings. The van der Waals surface area contributed by atoms with E-state index < -0.39 is 0 Å². The summed E-state index contributed by atoms with van der Waals surface area (Å²) in [5.41, 5.74) is 2.17. The second-order valence-corrected chi connectivity index (χ2v) is 5.95. The van der Waals surface area contributed by atoms with Crippen molar-refractivity contribution >= 4 is 29.0 Å². The van der Waals surface area contributed by atoms with Gasteiger partial charge in [-0.25, -0.2) is 5.84 Å². The van der Waals surface area contributed by atoms with Gasteiger partial charge in [0.15, 0.2) is 4.34 Å². The number of thioether (sulfide) groups is 1. The number of hydrogen-bond donors (Lipinski definition) is 2. The molecule has 15 heavy (non-hydrogen) atoms. The van der Waals surface area contributed by atoms with Crippen LogP contribution in [-0.2, 0) is 4.79 Å². The van der Waals surface area contributed by atoms with E-state index in [0.29, 0.717) is 0 Å². The van der Waals surface area contributed by atoms with Crippen LogP contribution in [-0.4, -0.2) is 21.4 Å². The van der Waals surface area contributed by atoms with Crippen LogP contribution >= 0.6 is 23.1 Å². The fourth-order valence-corrected chi connectivity index (χ4v) is 3.04. The lowest BCUT2D eigenvalue weighted by atomic mass is 10.1. The summed E-state index contributed by atoms with van der Waals surface area (Å²) >= 11 is 2.88. The second kappa shape index (κ2) is 5.43. The number of nitrogens with zero attached hydrogens (tertiary/aromatic N) is 2. The van der Waals surface area contributed by atoms with Crippen LogP contribution in [0.3, 0.4) is 0 Å². The van der Waals surface area contributed by atoms with E-state index in [-0.39, 0.29) is 17.1 Å². The number of hydrazine groups is 1. The van der Waals surface area contributed by atoms with Gasteiger partial charge < -0.3 is 0 Å². The van der Waals surface area contributed by atoms with Crippen molar-refractivity contribution in [2.75, 3.05) is 0 Å². The molecule has 0 saturated carbocycles. The highest BCUT2D eigenvalue weighted by Gasteiger charge is 2.24. The number of aromatic nitrogens is 2. The lowest BCUT2D eigenvalue weighted by molar-refractivity contribution is -0.121. The number of hydrogen-bond acceptors (Lipinski definition) is 6. The van der Waals surface area contributed by atoms with Gasteiger partial charge in [-0.1, -0.05) is 36.9 Å². The Morgan fingerprint density at radius 3 is 2.60 bits per heavy atom. The Kier molecular flexibility index (Phi) is 4.49. The maximum atomic E-state index is 11.5. The number of carbonyl (C=O) groups is 1. The molecule has 1 heterocycles. The fourth-order valence-electron chi connectivity index (χ4n) is 1.01. The van der Waals surface area contributed by atoms with Gasteiger partial charge in [-0.2, -0.15) is 0 Å². The predicted octanol–water partition coefficient (Wildman–Crippen LogP) is 0.953. The highest BCUT2D eigenvalue weighted by Crippen LogP contribution is 2.30. The normalized spacial score (nSPS) is 12.9. The van der Waals surface area contributed by atoms with E-state index in [9.17, 15) is 4.79 Å². The number of carbonyl (C=O) groups excluding carboxylic acids is 1. The summed E-state index contributed by atoms with van der Waals surface area (Å²) in [5.74, 6) is 5.14. The van der Waals surface area contributed by atoms with Gasteiger partial charge in [0, 0.05) is 0 Å². The Bertz CT molecular complexity index is 339. The van der Waals surface area contributed by atoms with E-state index in [1.807, 2.05) is 20.8 Å². The number of nitrogens with one attached hydrogen (secondary N) is 1. The molecule has 5 nitrogen and oxygen atoms in total. The number of nitrogens with two attached hydrogens (primary N) is 1. The average molecular weight is 246 g/mol. The van der Waals surface area contributed by atoms with Crippen LogP contribution < -0.4 is 11.3 Å². The Morgan fingerprint density at radius 2 is 2.20 bits per heavy atom. The molecular weight excluding hydrogens is 232 g/mol. The Labute approximate surface area is 96.8 Å². The van der Waals surface area contributed by atoms with Crippen molar-refractivity contribution in [2.45, 2.75) is 30.4 Å². The largest absolute Gasteiger partial charge is 0.293 e. The summed E-state index contributed by atoms with van der Waals surface area (Å²) in [5, 5.41) is 8.54. The third-order valence-electron chi connectivity index (χ3n) is 1.74. The van der Waals surface area contributed by atoms with E-state index in [4.69, 9.17) is 5.84 Å². The van der Waals surface area contributed by atoms with E-state index >= 15 is 0 Å². The van der Waals surface area contributed by atoms with E-state index in [1.165, 1.54) is 23.1 Å². The minimum Gasteiger partial charge on any atom is -0.293 e. The van der Waals surface area contributed by atoms with Gasteiger partial charge in [-0.05, 0) is 12.8 Å². The van der Waals surface area contributed by atoms with Gasteiger partial charge in [0.25, 0.3) is 0 Å². The molecule has 0 bridgehead atoms. The van der Waals surface area contributed by atoms with Gasteiger partial charge in [0.1, 0.15) is 5.01 Å². The molecule has 3 N–H and O–H groups in total. The highest BCUT2D eigenvalue weighted by molar-refractivity contribution is 8.02. The SMILES string of the molecule is Cc1nnc(SC(C(=O)NN)C(C)C)s1. The fraction of sp³-hybridized carbons (Fsp3) is 0.625. The number of aryl methyl sites for hydroxylation is 1. The second-order valence-electron chi connectivity index (χ2n) is 3.38. The summed E-state index contributed by atoms with van der Waals surface area (Å²) < 4.78 is 0.801. The van der Waals surface area contributed by atoms with E-state index in [2.05, 4.69) is 15.6 Å². The van der Waals surface area contributed by atoms with Gasteiger partial charge in [0.2, 0.25) is 5.91 Å². The number of rotatable bonds is 4. The summed E-state index contributed by atoms with van der Waals surface area (Å²) in [6, 6.07) is 0. The topological polar surface area (TPSA) is 80.9 Å². The molecule has 0 radical (unpaired) electrons. The standard InChI is InChI=1S/C8H14N4OS2/c1-4(2)6(7(13)10-9)15-8-12-11-5(3)14-8/h4,6H,9H2,1-3H3,(H,10,13). The minimum absolute atomic E-state index is 0.178. The molecule has 0 fully saturated rings. The molecule has 84 valence electrons. The zero-order valence-electron chi connectivity index (χ0n) is 8.85. The first-order valence-corrected chi connectivity index (χ1v) is 6.21. The molecule has 1 atom stereocenters. The summed E-state index contributed by atoms with van der Waals surface area (Å²) in [7, 11) is 0. The lowest BCUT2D eigenvalue weighted by Gasteiger charge is -2.16. The first-order valence-electron chi connectivity index (χ1n) is 4.51. The van der Waals surface area contributed by atoms with Gasteiger partial charge in [-0.15, -0.1) is 10.2 Å². The van der Waals surface area contributed by atoms with E-state index in [1.54, 1.807) is 0 Å². The molecule has 1 aromatic heterocycles. The smallest absolute Gasteiger partial charge is 0.247 e. The molecule has 0 aliphatic heterocycles. The monoisotopic (exact) mass is 246 g/mol.